The standard InChI is InChI=1S/C20H25ClFNO2/c1-4-14(3)23-12-15-9-10-19(20(11-15)24-5-2)25-13-16-17(21)7-6-8-18(16)22/h6-11,14,23H,4-5,12-13H2,1-3H3/t14-/m0/s1. The number of hydrogen-bond acceptors (Lipinski definition) is 3. The Morgan fingerprint density at radius 2 is 1.92 bits per heavy atom. The summed E-state index contributed by atoms with van der Waals surface area (Å²) in [4.78, 5) is 0. The van der Waals surface area contributed by atoms with Gasteiger partial charge in [-0.25, -0.2) is 4.39 Å². The third kappa shape index (κ3) is 5.62. The predicted octanol–water partition coefficient (Wildman–Crippen LogP) is 5.34. The zero-order valence-corrected chi connectivity index (χ0v) is 15.7. The molecule has 2 aromatic carbocycles. The predicted molar refractivity (Wildman–Crippen MR) is 99.9 cm³/mol. The van der Waals surface area contributed by atoms with Crippen molar-refractivity contribution in [2.75, 3.05) is 6.61 Å². The van der Waals surface area contributed by atoms with Gasteiger partial charge in [-0.15, -0.1) is 0 Å². The molecule has 0 fully saturated rings. The van der Waals surface area contributed by atoms with E-state index >= 15 is 0 Å². The van der Waals surface area contributed by atoms with E-state index < -0.39 is 0 Å². The van der Waals surface area contributed by atoms with E-state index in [1.807, 2.05) is 25.1 Å². The van der Waals surface area contributed by atoms with Crippen molar-refractivity contribution in [1.82, 2.24) is 5.32 Å². The molecule has 1 N–H and O–H groups in total. The van der Waals surface area contributed by atoms with Crippen molar-refractivity contribution in [3.8, 4) is 11.5 Å². The maximum Gasteiger partial charge on any atom is 0.161 e. The van der Waals surface area contributed by atoms with Crippen molar-refractivity contribution in [1.29, 1.82) is 0 Å². The van der Waals surface area contributed by atoms with Crippen LogP contribution in [0.3, 0.4) is 0 Å². The van der Waals surface area contributed by atoms with Crippen LogP contribution in [0.25, 0.3) is 0 Å². The van der Waals surface area contributed by atoms with Gasteiger partial charge in [0.1, 0.15) is 12.4 Å². The highest BCUT2D eigenvalue weighted by molar-refractivity contribution is 6.31. The second-order valence-corrected chi connectivity index (χ2v) is 6.30. The summed E-state index contributed by atoms with van der Waals surface area (Å²) >= 11 is 6.05. The highest BCUT2D eigenvalue weighted by Crippen LogP contribution is 2.30. The van der Waals surface area contributed by atoms with Gasteiger partial charge in [0.25, 0.3) is 0 Å². The van der Waals surface area contributed by atoms with Gasteiger partial charge >= 0.3 is 0 Å². The van der Waals surface area contributed by atoms with Crippen LogP contribution in [0.15, 0.2) is 36.4 Å². The van der Waals surface area contributed by atoms with E-state index in [9.17, 15) is 4.39 Å². The van der Waals surface area contributed by atoms with E-state index in [-0.39, 0.29) is 12.4 Å². The van der Waals surface area contributed by atoms with Crippen LogP contribution in [0.1, 0.15) is 38.3 Å². The van der Waals surface area contributed by atoms with Crippen molar-refractivity contribution in [3.05, 3.63) is 58.4 Å². The first-order valence-electron chi connectivity index (χ1n) is 8.59. The largest absolute Gasteiger partial charge is 0.490 e. The molecule has 0 spiro atoms. The number of rotatable bonds is 9. The van der Waals surface area contributed by atoms with Crippen LogP contribution in [-0.4, -0.2) is 12.6 Å². The van der Waals surface area contributed by atoms with Crippen LogP contribution < -0.4 is 14.8 Å². The summed E-state index contributed by atoms with van der Waals surface area (Å²) in [7, 11) is 0. The Morgan fingerprint density at radius 1 is 1.12 bits per heavy atom. The second kappa shape index (κ2) is 9.64. The van der Waals surface area contributed by atoms with Crippen molar-refractivity contribution in [2.24, 2.45) is 0 Å². The minimum absolute atomic E-state index is 0.0516. The number of ether oxygens (including phenoxy) is 2. The third-order valence-corrected chi connectivity index (χ3v) is 4.36. The number of benzene rings is 2. The average molecular weight is 366 g/mol. The van der Waals surface area contributed by atoms with Crippen LogP contribution >= 0.6 is 11.6 Å². The Balaban J connectivity index is 2.11. The third-order valence-electron chi connectivity index (χ3n) is 4.01. The molecule has 0 aromatic heterocycles. The number of halogens is 2. The molecule has 5 heteroatoms. The highest BCUT2D eigenvalue weighted by atomic mass is 35.5. The van der Waals surface area contributed by atoms with Gasteiger partial charge in [-0.3, -0.25) is 0 Å². The van der Waals surface area contributed by atoms with E-state index in [0.717, 1.165) is 18.5 Å². The Bertz CT molecular complexity index is 673. The Labute approximate surface area is 154 Å². The summed E-state index contributed by atoms with van der Waals surface area (Å²) in [6.45, 7) is 7.55. The van der Waals surface area contributed by atoms with Gasteiger partial charge in [0.05, 0.1) is 11.6 Å². The van der Waals surface area contributed by atoms with E-state index in [1.54, 1.807) is 12.1 Å². The summed E-state index contributed by atoms with van der Waals surface area (Å²) < 4.78 is 25.3. The molecule has 0 saturated carbocycles. The Morgan fingerprint density at radius 3 is 2.60 bits per heavy atom. The van der Waals surface area contributed by atoms with Gasteiger partial charge in [-0.05, 0) is 50.1 Å². The quantitative estimate of drug-likeness (QED) is 0.650. The van der Waals surface area contributed by atoms with E-state index in [4.69, 9.17) is 21.1 Å². The molecule has 0 bridgehead atoms. The van der Waals surface area contributed by atoms with Gasteiger partial charge in [-0.1, -0.05) is 30.7 Å². The second-order valence-electron chi connectivity index (χ2n) is 5.89. The molecule has 0 unspecified atom stereocenters. The van der Waals surface area contributed by atoms with Gasteiger partial charge in [0.15, 0.2) is 11.5 Å². The highest BCUT2D eigenvalue weighted by Gasteiger charge is 2.11. The maximum atomic E-state index is 13.9. The average Bonchev–Trinajstić information content (AvgIpc) is 2.60. The molecular weight excluding hydrogens is 341 g/mol. The summed E-state index contributed by atoms with van der Waals surface area (Å²) in [6.07, 6.45) is 1.07. The molecule has 0 saturated heterocycles. The summed E-state index contributed by atoms with van der Waals surface area (Å²) in [6, 6.07) is 10.8. The topological polar surface area (TPSA) is 30.5 Å². The van der Waals surface area contributed by atoms with Crippen molar-refractivity contribution < 1.29 is 13.9 Å². The lowest BCUT2D eigenvalue weighted by molar-refractivity contribution is 0.265. The smallest absolute Gasteiger partial charge is 0.161 e. The van der Waals surface area contributed by atoms with Gasteiger partial charge < -0.3 is 14.8 Å². The summed E-state index contributed by atoms with van der Waals surface area (Å²) in [5, 5.41) is 3.80. The molecule has 0 amide bonds. The van der Waals surface area contributed by atoms with Crippen molar-refractivity contribution in [2.45, 2.75) is 46.4 Å². The molecule has 25 heavy (non-hydrogen) atoms. The molecule has 2 aromatic rings. The molecular formula is C20H25ClFNO2. The maximum absolute atomic E-state index is 13.9. The number of nitrogens with one attached hydrogen (secondary N) is 1. The zero-order valence-electron chi connectivity index (χ0n) is 14.9. The molecule has 0 heterocycles. The molecule has 3 nitrogen and oxygen atoms in total. The first-order chi connectivity index (χ1) is 12.0. The van der Waals surface area contributed by atoms with Gasteiger partial charge in [0, 0.05) is 18.2 Å². The lowest BCUT2D eigenvalue weighted by Gasteiger charge is -2.16. The minimum Gasteiger partial charge on any atom is -0.490 e. The lowest BCUT2D eigenvalue weighted by atomic mass is 10.1. The Hall–Kier alpha value is -1.78. The van der Waals surface area contributed by atoms with Gasteiger partial charge in [-0.2, -0.15) is 0 Å². The molecule has 0 radical (unpaired) electrons. The SMILES string of the molecule is CCOc1cc(CN[C@@H](C)CC)ccc1OCc1c(F)cccc1Cl. The molecule has 2 rings (SSSR count). The van der Waals surface area contributed by atoms with Crippen LogP contribution in [0.2, 0.25) is 5.02 Å². The monoisotopic (exact) mass is 365 g/mol. The molecule has 0 aliphatic heterocycles. The molecule has 0 aliphatic carbocycles. The van der Waals surface area contributed by atoms with Crippen LogP contribution in [0.4, 0.5) is 4.39 Å². The van der Waals surface area contributed by atoms with Crippen molar-refractivity contribution in [3.63, 3.8) is 0 Å². The zero-order chi connectivity index (χ0) is 18.2. The minimum atomic E-state index is -0.375. The van der Waals surface area contributed by atoms with Crippen molar-refractivity contribution >= 4 is 11.6 Å². The van der Waals surface area contributed by atoms with Gasteiger partial charge in [0.2, 0.25) is 0 Å². The molecule has 136 valence electrons. The molecule has 0 aliphatic rings. The summed E-state index contributed by atoms with van der Waals surface area (Å²) in [5.74, 6) is 0.853. The number of hydrogen-bond donors (Lipinski definition) is 1. The van der Waals surface area contributed by atoms with Crippen LogP contribution in [0, 0.1) is 5.82 Å². The van der Waals surface area contributed by atoms with E-state index in [1.165, 1.54) is 6.07 Å². The fourth-order valence-corrected chi connectivity index (χ4v) is 2.52. The van der Waals surface area contributed by atoms with Crippen LogP contribution in [-0.2, 0) is 13.2 Å². The fourth-order valence-electron chi connectivity index (χ4n) is 2.31. The fraction of sp³-hybridized carbons (Fsp3) is 0.400. The lowest BCUT2D eigenvalue weighted by Crippen LogP contribution is -2.24. The van der Waals surface area contributed by atoms with E-state index in [2.05, 4.69) is 19.2 Å². The first-order valence-corrected chi connectivity index (χ1v) is 8.97. The van der Waals surface area contributed by atoms with E-state index in [0.29, 0.717) is 34.7 Å². The normalized spacial score (nSPS) is 12.0. The summed E-state index contributed by atoms with van der Waals surface area (Å²) in [5.41, 5.74) is 1.45. The molecule has 1 atom stereocenters. The Kier molecular flexibility index (Phi) is 7.53. The van der Waals surface area contributed by atoms with Crippen LogP contribution in [0.5, 0.6) is 11.5 Å². The first kappa shape index (κ1) is 19.5.